The van der Waals surface area contributed by atoms with Crippen molar-refractivity contribution in [3.05, 3.63) is 29.8 Å². The fourth-order valence-corrected chi connectivity index (χ4v) is 5.48. The second-order valence-electron chi connectivity index (χ2n) is 6.33. The molecule has 0 aromatic heterocycles. The van der Waals surface area contributed by atoms with Crippen LogP contribution in [0.25, 0.3) is 0 Å². The minimum atomic E-state index is -3.18. The molecule has 0 amide bonds. The van der Waals surface area contributed by atoms with E-state index in [-0.39, 0.29) is 11.3 Å². The Kier molecular flexibility index (Phi) is 4.22. The first-order chi connectivity index (χ1) is 10.1. The third-order valence-corrected chi connectivity index (χ3v) is 6.94. The zero-order valence-electron chi connectivity index (χ0n) is 12.4. The fraction of sp³-hybridized carbons (Fsp3) is 0.625. The molecule has 4 nitrogen and oxygen atoms in total. The van der Waals surface area contributed by atoms with Gasteiger partial charge < -0.3 is 5.73 Å². The maximum atomic E-state index is 13.0. The number of sulfonamides is 1. The standard InChI is InChI=1S/C16H24N2O2S/c17-14-6-4-5-13(11-14)12-18(15-9-10-15)21(19,20)16-7-2-1-3-8-16/h4-6,11,15-16H,1-3,7-10,12,17H2. The summed E-state index contributed by atoms with van der Waals surface area (Å²) >= 11 is 0. The normalized spacial score (nSPS) is 20.8. The van der Waals surface area contributed by atoms with E-state index >= 15 is 0 Å². The van der Waals surface area contributed by atoms with Crippen LogP contribution in [0.3, 0.4) is 0 Å². The highest BCUT2D eigenvalue weighted by molar-refractivity contribution is 7.89. The van der Waals surface area contributed by atoms with E-state index in [1.807, 2.05) is 24.3 Å². The summed E-state index contributed by atoms with van der Waals surface area (Å²) in [6.45, 7) is 0.467. The summed E-state index contributed by atoms with van der Waals surface area (Å²) in [5.74, 6) is 0. The summed E-state index contributed by atoms with van der Waals surface area (Å²) in [6.07, 6.45) is 6.89. The van der Waals surface area contributed by atoms with Gasteiger partial charge in [0.25, 0.3) is 0 Å². The number of benzene rings is 1. The van der Waals surface area contributed by atoms with Crippen LogP contribution in [0.5, 0.6) is 0 Å². The molecular weight excluding hydrogens is 284 g/mol. The highest BCUT2D eigenvalue weighted by atomic mass is 32.2. The zero-order valence-corrected chi connectivity index (χ0v) is 13.2. The van der Waals surface area contributed by atoms with Crippen LogP contribution in [0.2, 0.25) is 0 Å². The van der Waals surface area contributed by atoms with Crippen molar-refractivity contribution in [1.29, 1.82) is 0 Å². The molecule has 0 atom stereocenters. The van der Waals surface area contributed by atoms with Crippen LogP contribution in [0.1, 0.15) is 50.5 Å². The van der Waals surface area contributed by atoms with Crippen LogP contribution < -0.4 is 5.73 Å². The lowest BCUT2D eigenvalue weighted by Crippen LogP contribution is -2.40. The average Bonchev–Trinajstić information content (AvgIpc) is 3.30. The number of hydrogen-bond acceptors (Lipinski definition) is 3. The summed E-state index contributed by atoms with van der Waals surface area (Å²) < 4.78 is 27.7. The van der Waals surface area contributed by atoms with Crippen molar-refractivity contribution in [3.8, 4) is 0 Å². The first kappa shape index (κ1) is 14.9. The molecule has 1 aromatic rings. The molecule has 5 heteroatoms. The van der Waals surface area contributed by atoms with Gasteiger partial charge in [-0.3, -0.25) is 0 Å². The molecule has 0 bridgehead atoms. The molecule has 0 saturated heterocycles. The van der Waals surface area contributed by atoms with Crippen molar-refractivity contribution in [2.45, 2.75) is 62.8 Å². The predicted octanol–water partition coefficient (Wildman–Crippen LogP) is 2.90. The molecule has 0 heterocycles. The lowest BCUT2D eigenvalue weighted by Gasteiger charge is -2.29. The van der Waals surface area contributed by atoms with Gasteiger partial charge in [0.15, 0.2) is 0 Å². The van der Waals surface area contributed by atoms with Gasteiger partial charge in [0.05, 0.1) is 5.25 Å². The second kappa shape index (κ2) is 5.97. The monoisotopic (exact) mass is 308 g/mol. The smallest absolute Gasteiger partial charge is 0.217 e. The van der Waals surface area contributed by atoms with E-state index in [1.54, 1.807) is 4.31 Å². The molecule has 0 unspecified atom stereocenters. The summed E-state index contributed by atoms with van der Waals surface area (Å²) in [5, 5.41) is -0.173. The Labute approximate surface area is 127 Å². The topological polar surface area (TPSA) is 63.4 Å². The minimum Gasteiger partial charge on any atom is -0.399 e. The molecule has 2 aliphatic carbocycles. The molecule has 2 N–H and O–H groups in total. The maximum absolute atomic E-state index is 13.0. The third kappa shape index (κ3) is 3.40. The molecule has 21 heavy (non-hydrogen) atoms. The van der Waals surface area contributed by atoms with Crippen molar-refractivity contribution in [1.82, 2.24) is 4.31 Å². The number of nitrogens with zero attached hydrogens (tertiary/aromatic N) is 1. The van der Waals surface area contributed by atoms with E-state index in [4.69, 9.17) is 5.73 Å². The average molecular weight is 308 g/mol. The van der Waals surface area contributed by atoms with E-state index in [9.17, 15) is 8.42 Å². The number of hydrogen-bond donors (Lipinski definition) is 1. The third-order valence-electron chi connectivity index (χ3n) is 4.54. The summed E-state index contributed by atoms with van der Waals surface area (Å²) in [5.41, 5.74) is 7.49. The van der Waals surface area contributed by atoms with Gasteiger partial charge >= 0.3 is 0 Å². The largest absolute Gasteiger partial charge is 0.399 e. The summed E-state index contributed by atoms with van der Waals surface area (Å²) in [7, 11) is -3.18. The summed E-state index contributed by atoms with van der Waals surface area (Å²) in [4.78, 5) is 0. The van der Waals surface area contributed by atoms with E-state index < -0.39 is 10.0 Å². The Morgan fingerprint density at radius 1 is 1.10 bits per heavy atom. The van der Waals surface area contributed by atoms with Crippen LogP contribution in [0.15, 0.2) is 24.3 Å². The van der Waals surface area contributed by atoms with E-state index in [0.29, 0.717) is 12.2 Å². The molecule has 0 aliphatic heterocycles. The van der Waals surface area contributed by atoms with Crippen LogP contribution in [-0.4, -0.2) is 24.0 Å². The molecule has 116 valence electrons. The van der Waals surface area contributed by atoms with Crippen LogP contribution in [0, 0.1) is 0 Å². The van der Waals surface area contributed by atoms with Gasteiger partial charge in [-0.25, -0.2) is 8.42 Å². The van der Waals surface area contributed by atoms with Gasteiger partial charge in [-0.1, -0.05) is 31.4 Å². The Hall–Kier alpha value is -1.07. The SMILES string of the molecule is Nc1cccc(CN(C2CC2)S(=O)(=O)C2CCCCC2)c1. The Morgan fingerprint density at radius 3 is 2.43 bits per heavy atom. The van der Waals surface area contributed by atoms with Crippen molar-refractivity contribution in [2.24, 2.45) is 0 Å². The van der Waals surface area contributed by atoms with Crippen LogP contribution in [0.4, 0.5) is 5.69 Å². The molecule has 0 spiro atoms. The van der Waals surface area contributed by atoms with Crippen molar-refractivity contribution < 1.29 is 8.42 Å². The maximum Gasteiger partial charge on any atom is 0.217 e. The van der Waals surface area contributed by atoms with Gasteiger partial charge in [-0.2, -0.15) is 4.31 Å². The Balaban J connectivity index is 1.80. The van der Waals surface area contributed by atoms with Gasteiger partial charge in [0.1, 0.15) is 0 Å². The van der Waals surface area contributed by atoms with Gasteiger partial charge in [-0.05, 0) is 43.4 Å². The van der Waals surface area contributed by atoms with E-state index in [1.165, 1.54) is 6.42 Å². The first-order valence-electron chi connectivity index (χ1n) is 7.92. The molecule has 2 aliphatic rings. The van der Waals surface area contributed by atoms with Crippen molar-refractivity contribution >= 4 is 15.7 Å². The molecule has 0 radical (unpaired) electrons. The number of rotatable bonds is 5. The minimum absolute atomic E-state index is 0.173. The molecule has 2 fully saturated rings. The molecule has 1 aromatic carbocycles. The summed E-state index contributed by atoms with van der Waals surface area (Å²) in [6, 6.07) is 7.77. The lowest BCUT2D eigenvalue weighted by atomic mass is 10.0. The highest BCUT2D eigenvalue weighted by Crippen LogP contribution is 2.35. The quantitative estimate of drug-likeness (QED) is 0.851. The molecule has 3 rings (SSSR count). The predicted molar refractivity (Wildman–Crippen MR) is 85.2 cm³/mol. The molecular formula is C16H24N2O2S. The van der Waals surface area contributed by atoms with Crippen molar-refractivity contribution in [2.75, 3.05) is 5.73 Å². The second-order valence-corrected chi connectivity index (χ2v) is 8.49. The number of anilines is 1. The number of nitrogens with two attached hydrogens (primary N) is 1. The first-order valence-corrected chi connectivity index (χ1v) is 9.43. The van der Waals surface area contributed by atoms with E-state index in [0.717, 1.165) is 44.1 Å². The highest BCUT2D eigenvalue weighted by Gasteiger charge is 2.41. The van der Waals surface area contributed by atoms with Gasteiger partial charge in [-0.15, -0.1) is 0 Å². The van der Waals surface area contributed by atoms with Crippen LogP contribution in [-0.2, 0) is 16.6 Å². The Bertz CT molecular complexity index is 590. The fourth-order valence-electron chi connectivity index (χ4n) is 3.22. The Morgan fingerprint density at radius 2 is 1.81 bits per heavy atom. The molecule has 2 saturated carbocycles. The lowest BCUT2D eigenvalue weighted by molar-refractivity contribution is 0.376. The van der Waals surface area contributed by atoms with Crippen LogP contribution >= 0.6 is 0 Å². The van der Waals surface area contributed by atoms with Crippen molar-refractivity contribution in [3.63, 3.8) is 0 Å². The van der Waals surface area contributed by atoms with Gasteiger partial charge in [0, 0.05) is 18.3 Å². The number of nitrogen functional groups attached to an aromatic ring is 1. The van der Waals surface area contributed by atoms with E-state index in [2.05, 4.69) is 0 Å². The zero-order chi connectivity index (χ0) is 14.9. The van der Waals surface area contributed by atoms with Gasteiger partial charge in [0.2, 0.25) is 10.0 Å².